The van der Waals surface area contributed by atoms with Gasteiger partial charge in [-0.25, -0.2) is 0 Å². The molecule has 0 aromatic rings. The first-order valence-electron chi connectivity index (χ1n) is 1.85. The summed E-state index contributed by atoms with van der Waals surface area (Å²) in [6, 6.07) is 0. The van der Waals surface area contributed by atoms with E-state index in [1.54, 1.807) is 0 Å². The van der Waals surface area contributed by atoms with Crippen molar-refractivity contribution >= 4 is 0 Å². The van der Waals surface area contributed by atoms with Crippen LogP contribution in [0.4, 0.5) is 0 Å². The third kappa shape index (κ3) is 1360. The van der Waals surface area contributed by atoms with Crippen LogP contribution in [-0.2, 0) is 19.3 Å². The third-order valence-corrected chi connectivity index (χ3v) is 0. The van der Waals surface area contributed by atoms with Gasteiger partial charge < -0.3 is 5.92 Å². The van der Waals surface area contributed by atoms with E-state index in [4.69, 9.17) is 7.96 Å². The van der Waals surface area contributed by atoms with Crippen molar-refractivity contribution in [3.05, 3.63) is 5.92 Å². The molecule has 0 amide bonds. The van der Waals surface area contributed by atoms with Gasteiger partial charge in [0.15, 0.2) is 0 Å². The Morgan fingerprint density at radius 2 is 1.43 bits per heavy atom. The van der Waals surface area contributed by atoms with Gasteiger partial charge in [-0.05, 0) is 0 Å². The summed E-state index contributed by atoms with van der Waals surface area (Å²) in [6.07, 6.45) is 0. The summed E-state index contributed by atoms with van der Waals surface area (Å²) < 4.78 is 15.6. The molecule has 0 rings (SSSR count). The molecule has 3 heteroatoms. The second-order valence-electron chi connectivity index (χ2n) is 1.57. The van der Waals surface area contributed by atoms with E-state index in [9.17, 15) is 0 Å². The zero-order chi connectivity index (χ0) is 6.28. The van der Waals surface area contributed by atoms with Crippen LogP contribution in [0, 0.1) is 5.92 Å². The second kappa shape index (κ2) is 9.57. The Hall–Kier alpha value is 0.292. The first kappa shape index (κ1) is 10.3. The average Bonchev–Trinajstić information content (AvgIpc) is 1.33. The van der Waals surface area contributed by atoms with Gasteiger partial charge in [0.05, 0.1) is 0 Å². The monoisotopic (exact) mass is 142 g/mol. The molecule has 7 heavy (non-hydrogen) atoms. The fourth-order valence-electron chi connectivity index (χ4n) is 0. The van der Waals surface area contributed by atoms with Gasteiger partial charge in [0.2, 0.25) is 0 Å². The summed E-state index contributed by atoms with van der Waals surface area (Å²) in [4.78, 5) is 0. The summed E-state index contributed by atoms with van der Waals surface area (Å²) in [6.45, 7) is 6.25. The molecule has 45 valence electrons. The van der Waals surface area contributed by atoms with E-state index in [0.717, 1.165) is 0 Å². The predicted octanol–water partition coefficient (Wildman–Crippen LogP) is 0.942. The molecule has 1 N–H and O–H groups in total. The minimum atomic E-state index is -1.38. The van der Waals surface area contributed by atoms with E-state index in [1.807, 2.05) is 0 Å². The first-order valence-corrected chi connectivity index (χ1v) is 2.94. The van der Waals surface area contributed by atoms with Gasteiger partial charge in [0, 0.05) is 0 Å². The zero-order valence-corrected chi connectivity index (χ0v) is 6.04. The normalized spacial score (nSPS) is 7.00. The van der Waals surface area contributed by atoms with Gasteiger partial charge in [-0.3, -0.25) is 0 Å². The van der Waals surface area contributed by atoms with E-state index < -0.39 is 15.5 Å². The molecule has 0 aliphatic rings. The van der Waals surface area contributed by atoms with Crippen LogP contribution in [-0.4, -0.2) is 4.16 Å². The fourth-order valence-corrected chi connectivity index (χ4v) is 0. The van der Waals surface area contributed by atoms with Crippen molar-refractivity contribution in [1.82, 2.24) is 0 Å². The molecule has 0 aliphatic carbocycles. The van der Waals surface area contributed by atoms with Crippen LogP contribution in [0.3, 0.4) is 0 Å². The van der Waals surface area contributed by atoms with Crippen LogP contribution in [0.1, 0.15) is 20.8 Å². The molecule has 0 spiro atoms. The van der Waals surface area contributed by atoms with Crippen molar-refractivity contribution < 1.29 is 23.4 Å². The van der Waals surface area contributed by atoms with Crippen LogP contribution in [0.25, 0.3) is 0 Å². The molecule has 0 saturated carbocycles. The molecule has 0 fully saturated rings. The van der Waals surface area contributed by atoms with Crippen molar-refractivity contribution in [3.63, 3.8) is 0 Å². The van der Waals surface area contributed by atoms with Gasteiger partial charge in [-0.2, -0.15) is 20.8 Å². The molecule has 0 radical (unpaired) electrons. The van der Waals surface area contributed by atoms with Crippen molar-refractivity contribution in [2.75, 3.05) is 0 Å². The molecule has 0 atom stereocenters. The van der Waals surface area contributed by atoms with Crippen LogP contribution < -0.4 is 0 Å². The summed E-state index contributed by atoms with van der Waals surface area (Å²) >= 11 is -1.38. The van der Waals surface area contributed by atoms with Crippen LogP contribution in [0.2, 0.25) is 0 Å². The Morgan fingerprint density at radius 3 is 1.43 bits per heavy atom. The van der Waals surface area contributed by atoms with E-state index in [-0.39, 0.29) is 0 Å². The molecule has 2 nitrogen and oxygen atoms in total. The summed E-state index contributed by atoms with van der Waals surface area (Å²) in [7, 11) is 0. The van der Waals surface area contributed by atoms with E-state index in [0.29, 0.717) is 0 Å². The first-order chi connectivity index (χ1) is 3.15. The Kier molecular flexibility index (Phi) is 14.1. The molecule has 0 bridgehead atoms. The Labute approximate surface area is 50.8 Å². The van der Waals surface area contributed by atoms with Crippen LogP contribution in [0.5, 0.6) is 0 Å². The quantitative estimate of drug-likeness (QED) is 0.511. The topological polar surface area (TPSA) is 37.3 Å². The van der Waals surface area contributed by atoms with Gasteiger partial charge in [-0.1, -0.05) is 0 Å². The summed E-state index contributed by atoms with van der Waals surface area (Å²) in [5.74, 6) is 1.42. The predicted molar refractivity (Wildman–Crippen MR) is 23.2 cm³/mol. The van der Waals surface area contributed by atoms with E-state index >= 15 is 0 Å². The Balaban J connectivity index is 0. The molecular weight excluding hydrogens is 132 g/mol. The molecule has 0 aromatic carbocycles. The van der Waals surface area contributed by atoms with Crippen molar-refractivity contribution in [2.24, 2.45) is 0 Å². The minimum absolute atomic E-state index is 1.38. The van der Waals surface area contributed by atoms with Crippen LogP contribution >= 0.6 is 0 Å². The molecule has 0 unspecified atom stereocenters. The Morgan fingerprint density at radius 1 is 1.43 bits per heavy atom. The zero-order valence-electron chi connectivity index (χ0n) is 4.76. The maximum absolute atomic E-state index is 8.55. The summed E-state index contributed by atoms with van der Waals surface area (Å²) in [5.41, 5.74) is 0. The second-order valence-corrected chi connectivity index (χ2v) is 1.81. The SMILES string of the molecule is C[C-](C)C.[O]=[Cr][OH]. The molecule has 0 aliphatic heterocycles. The van der Waals surface area contributed by atoms with E-state index in [1.165, 1.54) is 5.92 Å². The van der Waals surface area contributed by atoms with Gasteiger partial charge in [-0.15, -0.1) is 0 Å². The number of hydrogen-bond donors (Lipinski definition) is 1. The van der Waals surface area contributed by atoms with Gasteiger partial charge in [0.25, 0.3) is 0 Å². The standard InChI is InChI=1S/C4H9.Cr.H2O.O/c1-4(2)3;;;/h1-3H3;;1H2;/q-1;+1;;/p-1. The number of hydrogen-bond acceptors (Lipinski definition) is 1. The molecular formula is C4H10CrO2-. The fraction of sp³-hybridized carbons (Fsp3) is 0.750. The average molecular weight is 142 g/mol. The number of rotatable bonds is 0. The summed E-state index contributed by atoms with van der Waals surface area (Å²) in [5, 5.41) is 0. The van der Waals surface area contributed by atoms with Gasteiger partial charge in [0.1, 0.15) is 0 Å². The molecule has 0 saturated heterocycles. The van der Waals surface area contributed by atoms with Crippen LogP contribution in [0.15, 0.2) is 0 Å². The molecule has 0 aromatic heterocycles. The van der Waals surface area contributed by atoms with Crippen molar-refractivity contribution in [1.29, 1.82) is 0 Å². The Bertz CT molecular complexity index is 33.9. The molecule has 0 heterocycles. The van der Waals surface area contributed by atoms with Crippen molar-refractivity contribution in [3.8, 4) is 0 Å². The van der Waals surface area contributed by atoms with E-state index in [2.05, 4.69) is 20.8 Å². The van der Waals surface area contributed by atoms with Crippen molar-refractivity contribution in [2.45, 2.75) is 20.8 Å². The maximum atomic E-state index is 8.55. The third-order valence-electron chi connectivity index (χ3n) is 0. The van der Waals surface area contributed by atoms with Gasteiger partial charge >= 0.3 is 23.4 Å².